The van der Waals surface area contributed by atoms with Gasteiger partial charge in [0.25, 0.3) is 0 Å². The number of methoxy groups -OCH3 is 2. The Morgan fingerprint density at radius 2 is 2.05 bits per heavy atom. The van der Waals surface area contributed by atoms with Gasteiger partial charge >= 0.3 is 0 Å². The molecule has 0 aromatic heterocycles. The van der Waals surface area contributed by atoms with Gasteiger partial charge in [-0.2, -0.15) is 0 Å². The maximum absolute atomic E-state index is 12.5. The molecule has 0 saturated heterocycles. The molecule has 2 aliphatic rings. The van der Waals surface area contributed by atoms with Crippen molar-refractivity contribution in [2.75, 3.05) is 14.2 Å². The summed E-state index contributed by atoms with van der Waals surface area (Å²) in [5, 5.41) is 0. The van der Waals surface area contributed by atoms with Crippen molar-refractivity contribution in [3.8, 4) is 11.5 Å². The quantitative estimate of drug-likeness (QED) is 0.768. The summed E-state index contributed by atoms with van der Waals surface area (Å²) in [6.45, 7) is 0. The van der Waals surface area contributed by atoms with E-state index in [0.29, 0.717) is 23.7 Å². The molecule has 2 bridgehead atoms. The minimum atomic E-state index is 0.210. The van der Waals surface area contributed by atoms with Gasteiger partial charge in [0.05, 0.1) is 19.8 Å². The number of hydrogen-bond donors (Lipinski definition) is 0. The van der Waals surface area contributed by atoms with Crippen LogP contribution in [0.5, 0.6) is 11.5 Å². The predicted molar refractivity (Wildman–Crippen MR) is 77.4 cm³/mol. The molecule has 3 unspecified atom stereocenters. The molecule has 0 N–H and O–H groups in total. The fourth-order valence-electron chi connectivity index (χ4n) is 4.00. The Labute approximate surface area is 120 Å². The van der Waals surface area contributed by atoms with Crippen molar-refractivity contribution in [1.82, 2.24) is 0 Å². The molecular weight excluding hydrogens is 252 g/mol. The van der Waals surface area contributed by atoms with E-state index in [1.54, 1.807) is 20.3 Å². The van der Waals surface area contributed by atoms with E-state index in [1.165, 1.54) is 25.7 Å². The summed E-state index contributed by atoms with van der Waals surface area (Å²) in [6.07, 6.45) is 5.96. The van der Waals surface area contributed by atoms with Crippen LogP contribution in [0, 0.1) is 17.8 Å². The van der Waals surface area contributed by atoms with Crippen LogP contribution in [0.3, 0.4) is 0 Å². The summed E-state index contributed by atoms with van der Waals surface area (Å²) in [6, 6.07) is 5.44. The van der Waals surface area contributed by atoms with E-state index in [-0.39, 0.29) is 5.78 Å². The van der Waals surface area contributed by atoms with E-state index >= 15 is 0 Å². The third-order valence-corrected chi connectivity index (χ3v) is 5.04. The van der Waals surface area contributed by atoms with Crippen LogP contribution in [0.4, 0.5) is 0 Å². The third kappa shape index (κ3) is 2.41. The van der Waals surface area contributed by atoms with Gasteiger partial charge in [-0.3, -0.25) is 4.79 Å². The molecule has 3 rings (SSSR count). The lowest BCUT2D eigenvalue weighted by Crippen LogP contribution is -2.15. The number of Topliss-reactive ketones (excluding diaryl/α,β-unsaturated/α-hetero) is 1. The van der Waals surface area contributed by atoms with Crippen LogP contribution in [-0.4, -0.2) is 20.0 Å². The highest BCUT2D eigenvalue weighted by molar-refractivity contribution is 5.99. The Hall–Kier alpha value is -1.51. The molecule has 1 aromatic carbocycles. The topological polar surface area (TPSA) is 35.5 Å². The van der Waals surface area contributed by atoms with E-state index in [0.717, 1.165) is 17.6 Å². The van der Waals surface area contributed by atoms with Crippen LogP contribution >= 0.6 is 0 Å². The van der Waals surface area contributed by atoms with Crippen LogP contribution in [-0.2, 0) is 0 Å². The second-order valence-electron chi connectivity index (χ2n) is 6.13. The molecule has 3 heteroatoms. The Morgan fingerprint density at radius 3 is 2.65 bits per heavy atom. The minimum Gasteiger partial charge on any atom is -0.497 e. The molecule has 2 saturated carbocycles. The van der Waals surface area contributed by atoms with Gasteiger partial charge in [-0.15, -0.1) is 0 Å². The summed E-state index contributed by atoms with van der Waals surface area (Å²) in [5.74, 6) is 3.81. The van der Waals surface area contributed by atoms with Crippen molar-refractivity contribution in [2.24, 2.45) is 17.8 Å². The molecule has 0 heterocycles. The van der Waals surface area contributed by atoms with Crippen LogP contribution in [0.15, 0.2) is 18.2 Å². The number of carbonyl (C=O) groups excluding carboxylic acids is 1. The number of benzene rings is 1. The number of hydrogen-bond acceptors (Lipinski definition) is 3. The van der Waals surface area contributed by atoms with Gasteiger partial charge < -0.3 is 9.47 Å². The van der Waals surface area contributed by atoms with Crippen LogP contribution in [0.25, 0.3) is 0 Å². The molecule has 3 nitrogen and oxygen atoms in total. The summed E-state index contributed by atoms with van der Waals surface area (Å²) < 4.78 is 10.5. The van der Waals surface area contributed by atoms with Gasteiger partial charge in [0, 0.05) is 12.5 Å². The molecule has 0 aliphatic heterocycles. The number of carbonyl (C=O) groups is 1. The second-order valence-corrected chi connectivity index (χ2v) is 6.13. The fourth-order valence-corrected chi connectivity index (χ4v) is 4.00. The molecule has 2 aliphatic carbocycles. The molecule has 1 aromatic rings. The second kappa shape index (κ2) is 5.47. The monoisotopic (exact) mass is 274 g/mol. The fraction of sp³-hybridized carbons (Fsp3) is 0.588. The summed E-state index contributed by atoms with van der Waals surface area (Å²) in [7, 11) is 3.22. The normalized spacial score (nSPS) is 27.6. The molecule has 108 valence electrons. The molecule has 0 spiro atoms. The first kappa shape index (κ1) is 13.5. The van der Waals surface area contributed by atoms with Crippen LogP contribution in [0.2, 0.25) is 0 Å². The number of ether oxygens (including phenoxy) is 2. The number of fused-ring (bicyclic) bond motifs is 2. The van der Waals surface area contributed by atoms with Crippen molar-refractivity contribution in [3.63, 3.8) is 0 Å². The van der Waals surface area contributed by atoms with Crippen molar-refractivity contribution in [2.45, 2.75) is 32.1 Å². The Balaban J connectivity index is 1.73. The highest BCUT2D eigenvalue weighted by atomic mass is 16.5. The van der Waals surface area contributed by atoms with Crippen molar-refractivity contribution < 1.29 is 14.3 Å². The van der Waals surface area contributed by atoms with E-state index < -0.39 is 0 Å². The lowest BCUT2D eigenvalue weighted by atomic mass is 9.84. The minimum absolute atomic E-state index is 0.210. The lowest BCUT2D eigenvalue weighted by Gasteiger charge is -2.21. The first-order valence-electron chi connectivity index (χ1n) is 7.46. The average Bonchev–Trinajstić information content (AvgIpc) is 3.09. The molecular formula is C17H22O3. The standard InChI is InChI=1S/C17H22O3/c1-19-14-5-6-15(17(10-14)20-2)16(18)9-13-8-11-3-4-12(13)7-11/h5-6,10-13H,3-4,7-9H2,1-2H3. The molecule has 0 radical (unpaired) electrons. The van der Waals surface area contributed by atoms with Gasteiger partial charge in [0.15, 0.2) is 5.78 Å². The van der Waals surface area contributed by atoms with Gasteiger partial charge in [0.2, 0.25) is 0 Å². The van der Waals surface area contributed by atoms with Crippen molar-refractivity contribution in [1.29, 1.82) is 0 Å². The number of rotatable bonds is 5. The first-order valence-corrected chi connectivity index (χ1v) is 7.46. The van der Waals surface area contributed by atoms with Crippen molar-refractivity contribution in [3.05, 3.63) is 23.8 Å². The van der Waals surface area contributed by atoms with E-state index in [1.807, 2.05) is 12.1 Å². The highest BCUT2D eigenvalue weighted by Crippen LogP contribution is 2.50. The predicted octanol–water partition coefficient (Wildman–Crippen LogP) is 3.71. The Morgan fingerprint density at radius 1 is 1.20 bits per heavy atom. The Bertz CT molecular complexity index is 509. The van der Waals surface area contributed by atoms with Gasteiger partial charge in [0.1, 0.15) is 11.5 Å². The zero-order valence-electron chi connectivity index (χ0n) is 12.2. The largest absolute Gasteiger partial charge is 0.497 e. The average molecular weight is 274 g/mol. The van der Waals surface area contributed by atoms with E-state index in [4.69, 9.17) is 9.47 Å². The van der Waals surface area contributed by atoms with Gasteiger partial charge in [-0.05, 0) is 49.1 Å². The van der Waals surface area contributed by atoms with E-state index in [2.05, 4.69) is 0 Å². The SMILES string of the molecule is COc1ccc(C(=O)CC2CC3CCC2C3)c(OC)c1. The highest BCUT2D eigenvalue weighted by Gasteiger charge is 2.40. The zero-order chi connectivity index (χ0) is 14.1. The molecule has 3 atom stereocenters. The first-order chi connectivity index (χ1) is 9.71. The van der Waals surface area contributed by atoms with Crippen molar-refractivity contribution >= 4 is 5.78 Å². The third-order valence-electron chi connectivity index (χ3n) is 5.04. The summed E-state index contributed by atoms with van der Waals surface area (Å²) >= 11 is 0. The smallest absolute Gasteiger partial charge is 0.166 e. The Kier molecular flexibility index (Phi) is 3.68. The maximum Gasteiger partial charge on any atom is 0.166 e. The summed E-state index contributed by atoms with van der Waals surface area (Å²) in [5.41, 5.74) is 0.691. The summed E-state index contributed by atoms with van der Waals surface area (Å²) in [4.78, 5) is 12.5. The number of ketones is 1. The molecule has 0 amide bonds. The lowest BCUT2D eigenvalue weighted by molar-refractivity contribution is 0.0941. The molecule has 20 heavy (non-hydrogen) atoms. The van der Waals surface area contributed by atoms with Gasteiger partial charge in [-0.25, -0.2) is 0 Å². The van der Waals surface area contributed by atoms with Gasteiger partial charge in [-0.1, -0.05) is 6.42 Å². The maximum atomic E-state index is 12.5. The zero-order valence-corrected chi connectivity index (χ0v) is 12.2. The molecule has 2 fully saturated rings. The van der Waals surface area contributed by atoms with Crippen LogP contribution < -0.4 is 9.47 Å². The van der Waals surface area contributed by atoms with E-state index in [9.17, 15) is 4.79 Å². The van der Waals surface area contributed by atoms with Crippen LogP contribution in [0.1, 0.15) is 42.5 Å².